The molecule has 0 unspecified atom stereocenters. The average Bonchev–Trinajstić information content (AvgIpc) is 2.87. The fourth-order valence-electron chi connectivity index (χ4n) is 1.49. The Hall–Kier alpha value is -1.77. The van der Waals surface area contributed by atoms with Crippen LogP contribution in [0.3, 0.4) is 0 Å². The smallest absolute Gasteiger partial charge is 0.353 e. The summed E-state index contributed by atoms with van der Waals surface area (Å²) < 4.78 is 38.6. The summed E-state index contributed by atoms with van der Waals surface area (Å²) in [4.78, 5) is 22.6. The molecule has 10 heteroatoms. The summed E-state index contributed by atoms with van der Waals surface area (Å²) in [5.74, 6) is -1.30. The van der Waals surface area contributed by atoms with Crippen molar-refractivity contribution in [3.05, 3.63) is 17.5 Å². The van der Waals surface area contributed by atoms with Crippen LogP contribution in [0.1, 0.15) is 23.1 Å². The molecule has 0 saturated carbocycles. The second-order valence-electron chi connectivity index (χ2n) is 3.97. The Morgan fingerprint density at radius 1 is 1.33 bits per heavy atom. The summed E-state index contributed by atoms with van der Waals surface area (Å²) in [5.41, 5.74) is -1.31. The van der Waals surface area contributed by atoms with E-state index in [1.54, 1.807) is 6.92 Å². The van der Waals surface area contributed by atoms with E-state index in [0.29, 0.717) is 6.07 Å². The molecule has 1 rings (SSSR count). The molecule has 0 saturated heterocycles. The molecule has 0 fully saturated rings. The lowest BCUT2D eigenvalue weighted by atomic mass is 10.3. The summed E-state index contributed by atoms with van der Waals surface area (Å²) in [7, 11) is 0. The third kappa shape index (κ3) is 4.92. The lowest BCUT2D eigenvalue weighted by molar-refractivity contribution is -0.141. The van der Waals surface area contributed by atoms with E-state index >= 15 is 0 Å². The maximum atomic E-state index is 12.5. The first kappa shape index (κ1) is 17.3. The van der Waals surface area contributed by atoms with Gasteiger partial charge in [-0.1, -0.05) is 0 Å². The van der Waals surface area contributed by atoms with Gasteiger partial charge in [0, 0.05) is 25.7 Å². The highest BCUT2D eigenvalue weighted by molar-refractivity contribution is 6.27. The second kappa shape index (κ2) is 7.30. The summed E-state index contributed by atoms with van der Waals surface area (Å²) in [5, 5.41) is 8.14. The predicted molar refractivity (Wildman–Crippen MR) is 69.0 cm³/mol. The zero-order chi connectivity index (χ0) is 16.0. The molecule has 0 radical (unpaired) electrons. The zero-order valence-electron chi connectivity index (χ0n) is 11.1. The van der Waals surface area contributed by atoms with Crippen molar-refractivity contribution in [2.45, 2.75) is 19.6 Å². The number of hydrogen-bond donors (Lipinski definition) is 2. The van der Waals surface area contributed by atoms with Gasteiger partial charge in [0.2, 0.25) is 5.91 Å². The standard InChI is InChI=1S/C11H14ClF3N4O2/c1-2-19-7(5-8(18-19)11(13,14)15)10(21)17-4-3-16-9(20)6-12/h5H,2-4,6H2,1H3,(H,16,20)(H,17,21). The van der Waals surface area contributed by atoms with E-state index in [1.807, 2.05) is 0 Å². The van der Waals surface area contributed by atoms with Crippen molar-refractivity contribution in [2.75, 3.05) is 19.0 Å². The van der Waals surface area contributed by atoms with E-state index < -0.39 is 23.7 Å². The van der Waals surface area contributed by atoms with Crippen molar-refractivity contribution in [1.29, 1.82) is 0 Å². The van der Waals surface area contributed by atoms with Gasteiger partial charge in [-0.05, 0) is 6.92 Å². The fourth-order valence-corrected chi connectivity index (χ4v) is 1.59. The van der Waals surface area contributed by atoms with Gasteiger partial charge >= 0.3 is 6.18 Å². The molecule has 0 aromatic carbocycles. The zero-order valence-corrected chi connectivity index (χ0v) is 11.9. The van der Waals surface area contributed by atoms with E-state index in [0.717, 1.165) is 4.68 Å². The molecule has 6 nitrogen and oxygen atoms in total. The number of carbonyl (C=O) groups excluding carboxylic acids is 2. The van der Waals surface area contributed by atoms with Gasteiger partial charge in [0.05, 0.1) is 0 Å². The highest BCUT2D eigenvalue weighted by Crippen LogP contribution is 2.28. The third-order valence-electron chi connectivity index (χ3n) is 2.46. The Labute approximate surface area is 123 Å². The number of hydrogen-bond acceptors (Lipinski definition) is 3. The normalized spacial score (nSPS) is 11.3. The van der Waals surface area contributed by atoms with Crippen LogP contribution in [0.2, 0.25) is 0 Å². The number of halogens is 4. The molecule has 2 N–H and O–H groups in total. The lowest BCUT2D eigenvalue weighted by Crippen LogP contribution is -2.35. The van der Waals surface area contributed by atoms with Crippen LogP contribution in [-0.4, -0.2) is 40.6 Å². The quantitative estimate of drug-likeness (QED) is 0.605. The number of amides is 2. The van der Waals surface area contributed by atoms with Crippen molar-refractivity contribution in [3.63, 3.8) is 0 Å². The Kier molecular flexibility index (Phi) is 6.01. The van der Waals surface area contributed by atoms with Crippen LogP contribution in [0.4, 0.5) is 13.2 Å². The maximum absolute atomic E-state index is 12.5. The van der Waals surface area contributed by atoms with Crippen LogP contribution in [-0.2, 0) is 17.5 Å². The average molecular weight is 327 g/mol. The molecule has 0 atom stereocenters. The summed E-state index contributed by atoms with van der Waals surface area (Å²) in [6.07, 6.45) is -4.61. The van der Waals surface area contributed by atoms with Crippen LogP contribution in [0.25, 0.3) is 0 Å². The number of aryl methyl sites for hydroxylation is 1. The molecule has 21 heavy (non-hydrogen) atoms. The maximum Gasteiger partial charge on any atom is 0.435 e. The SMILES string of the molecule is CCn1nc(C(F)(F)F)cc1C(=O)NCCNC(=O)CCl. The highest BCUT2D eigenvalue weighted by atomic mass is 35.5. The van der Waals surface area contributed by atoms with Crippen LogP contribution in [0, 0.1) is 0 Å². The highest BCUT2D eigenvalue weighted by Gasteiger charge is 2.35. The molecule has 1 heterocycles. The van der Waals surface area contributed by atoms with Crippen LogP contribution >= 0.6 is 11.6 Å². The summed E-state index contributed by atoms with van der Waals surface area (Å²) >= 11 is 5.26. The van der Waals surface area contributed by atoms with Crippen molar-refractivity contribution >= 4 is 23.4 Å². The minimum atomic E-state index is -4.61. The molecule has 0 aliphatic carbocycles. The van der Waals surface area contributed by atoms with Gasteiger partial charge in [0.15, 0.2) is 5.69 Å². The van der Waals surface area contributed by atoms with Gasteiger partial charge in [-0.25, -0.2) is 0 Å². The molecule has 2 amide bonds. The second-order valence-corrected chi connectivity index (χ2v) is 4.24. The monoisotopic (exact) mass is 326 g/mol. The van der Waals surface area contributed by atoms with E-state index in [2.05, 4.69) is 15.7 Å². The number of aromatic nitrogens is 2. The Bertz CT molecular complexity index is 516. The third-order valence-corrected chi connectivity index (χ3v) is 2.70. The van der Waals surface area contributed by atoms with E-state index in [1.165, 1.54) is 0 Å². The number of nitrogens with zero attached hydrogens (tertiary/aromatic N) is 2. The van der Waals surface area contributed by atoms with Crippen molar-refractivity contribution in [3.8, 4) is 0 Å². The van der Waals surface area contributed by atoms with Gasteiger partial charge in [0.25, 0.3) is 5.91 Å². The van der Waals surface area contributed by atoms with E-state index in [9.17, 15) is 22.8 Å². The largest absolute Gasteiger partial charge is 0.435 e. The molecule has 0 bridgehead atoms. The first-order chi connectivity index (χ1) is 9.79. The topological polar surface area (TPSA) is 76.0 Å². The van der Waals surface area contributed by atoms with Crippen molar-refractivity contribution < 1.29 is 22.8 Å². The van der Waals surface area contributed by atoms with Crippen LogP contribution in [0.15, 0.2) is 6.07 Å². The van der Waals surface area contributed by atoms with Crippen LogP contribution < -0.4 is 10.6 Å². The minimum Gasteiger partial charge on any atom is -0.353 e. The molecule has 0 aliphatic heterocycles. The predicted octanol–water partition coefficient (Wildman–Crippen LogP) is 1.01. The lowest BCUT2D eigenvalue weighted by Gasteiger charge is -2.07. The van der Waals surface area contributed by atoms with Crippen molar-refractivity contribution in [1.82, 2.24) is 20.4 Å². The van der Waals surface area contributed by atoms with E-state index in [4.69, 9.17) is 11.6 Å². The Morgan fingerprint density at radius 2 is 1.95 bits per heavy atom. The minimum absolute atomic E-state index is 0.0672. The molecule has 1 aromatic rings. The van der Waals surface area contributed by atoms with Crippen molar-refractivity contribution in [2.24, 2.45) is 0 Å². The molecule has 118 valence electrons. The Balaban J connectivity index is 2.65. The number of nitrogens with one attached hydrogen (secondary N) is 2. The summed E-state index contributed by atoms with van der Waals surface area (Å²) in [6.45, 7) is 1.90. The van der Waals surface area contributed by atoms with Gasteiger partial charge in [-0.2, -0.15) is 18.3 Å². The first-order valence-electron chi connectivity index (χ1n) is 6.05. The first-order valence-corrected chi connectivity index (χ1v) is 6.59. The van der Waals surface area contributed by atoms with Gasteiger partial charge < -0.3 is 10.6 Å². The van der Waals surface area contributed by atoms with Gasteiger partial charge in [0.1, 0.15) is 11.6 Å². The molecule has 1 aromatic heterocycles. The number of carbonyl (C=O) groups is 2. The molecular formula is C11H14ClF3N4O2. The molecular weight excluding hydrogens is 313 g/mol. The Morgan fingerprint density at radius 3 is 2.48 bits per heavy atom. The van der Waals surface area contributed by atoms with Crippen LogP contribution in [0.5, 0.6) is 0 Å². The molecule has 0 spiro atoms. The van der Waals surface area contributed by atoms with Gasteiger partial charge in [-0.15, -0.1) is 11.6 Å². The van der Waals surface area contributed by atoms with Gasteiger partial charge in [-0.3, -0.25) is 14.3 Å². The summed E-state index contributed by atoms with van der Waals surface area (Å²) in [6, 6.07) is 0.691. The molecule has 0 aliphatic rings. The number of rotatable bonds is 6. The van der Waals surface area contributed by atoms with E-state index in [-0.39, 0.29) is 31.2 Å². The fraction of sp³-hybridized carbons (Fsp3) is 0.545. The number of alkyl halides is 4.